The van der Waals surface area contributed by atoms with Crippen molar-refractivity contribution in [3.8, 4) is 0 Å². The van der Waals surface area contributed by atoms with Crippen LogP contribution in [0.1, 0.15) is 25.7 Å². The van der Waals surface area contributed by atoms with Crippen molar-refractivity contribution in [2.45, 2.75) is 31.2 Å². The van der Waals surface area contributed by atoms with Crippen LogP contribution in [0.15, 0.2) is 30.6 Å². The molecule has 0 bridgehead atoms. The van der Waals surface area contributed by atoms with E-state index in [-0.39, 0.29) is 11.1 Å². The number of rotatable bonds is 5. The van der Waals surface area contributed by atoms with Gasteiger partial charge in [0.05, 0.1) is 26.3 Å². The molecule has 2 aromatic rings. The van der Waals surface area contributed by atoms with Crippen molar-refractivity contribution in [3.63, 3.8) is 0 Å². The van der Waals surface area contributed by atoms with Crippen LogP contribution in [0.2, 0.25) is 15.1 Å². The Kier molecular flexibility index (Phi) is 6.29. The number of pyridine rings is 1. The molecule has 1 aliphatic carbocycles. The smallest absolute Gasteiger partial charge is 0.319 e. The van der Waals surface area contributed by atoms with Crippen LogP contribution in [0.3, 0.4) is 0 Å². The first-order valence-corrected chi connectivity index (χ1v) is 9.59. The number of hydrogen-bond donors (Lipinski definition) is 3. The largest absolute Gasteiger partial charge is 0.380 e. The summed E-state index contributed by atoms with van der Waals surface area (Å²) in [5.74, 6) is -0.537. The lowest BCUT2D eigenvalue weighted by molar-refractivity contribution is 0.238. The first-order chi connectivity index (χ1) is 12.9. The van der Waals surface area contributed by atoms with Crippen LogP contribution in [0.4, 0.5) is 20.6 Å². The van der Waals surface area contributed by atoms with E-state index < -0.39 is 11.4 Å². The molecule has 3 N–H and O–H groups in total. The Balaban J connectivity index is 1.67. The van der Waals surface area contributed by atoms with Crippen LogP contribution in [-0.4, -0.2) is 23.1 Å². The van der Waals surface area contributed by atoms with Gasteiger partial charge in [0.2, 0.25) is 0 Å². The number of urea groups is 1. The summed E-state index contributed by atoms with van der Waals surface area (Å²) in [7, 11) is 0. The average Bonchev–Trinajstić information content (AvgIpc) is 3.06. The lowest BCUT2D eigenvalue weighted by atomic mass is 9.97. The zero-order chi connectivity index (χ0) is 19.4. The van der Waals surface area contributed by atoms with Crippen molar-refractivity contribution < 1.29 is 9.18 Å². The second-order valence-corrected chi connectivity index (χ2v) is 7.75. The summed E-state index contributed by atoms with van der Waals surface area (Å²) in [5, 5.41) is 9.74. The van der Waals surface area contributed by atoms with E-state index in [0.29, 0.717) is 28.0 Å². The molecule has 9 heteroatoms. The minimum Gasteiger partial charge on any atom is -0.380 e. The highest BCUT2D eigenvalue weighted by Crippen LogP contribution is 2.33. The van der Waals surface area contributed by atoms with Crippen molar-refractivity contribution >= 4 is 52.2 Å². The number of nitrogens with zero attached hydrogens (tertiary/aromatic N) is 1. The maximum Gasteiger partial charge on any atom is 0.319 e. The highest BCUT2D eigenvalue weighted by Gasteiger charge is 2.35. The average molecular weight is 432 g/mol. The maximum absolute atomic E-state index is 13.3. The molecule has 2 amide bonds. The van der Waals surface area contributed by atoms with Gasteiger partial charge in [0.15, 0.2) is 0 Å². The number of hydrogen-bond acceptors (Lipinski definition) is 3. The number of anilines is 2. The van der Waals surface area contributed by atoms with Gasteiger partial charge in [-0.1, -0.05) is 47.6 Å². The summed E-state index contributed by atoms with van der Waals surface area (Å²) in [4.78, 5) is 16.4. The molecule has 1 saturated carbocycles. The number of amides is 2. The van der Waals surface area contributed by atoms with Crippen LogP contribution in [0.5, 0.6) is 0 Å². The molecular weight excluding hydrogens is 414 g/mol. The zero-order valence-electron chi connectivity index (χ0n) is 14.3. The van der Waals surface area contributed by atoms with E-state index in [0.717, 1.165) is 25.7 Å². The summed E-state index contributed by atoms with van der Waals surface area (Å²) in [6.07, 6.45) is 6.66. The van der Waals surface area contributed by atoms with Gasteiger partial charge >= 0.3 is 6.03 Å². The van der Waals surface area contributed by atoms with E-state index in [1.54, 1.807) is 0 Å². The highest BCUT2D eigenvalue weighted by atomic mass is 35.5. The van der Waals surface area contributed by atoms with E-state index in [9.17, 15) is 9.18 Å². The summed E-state index contributed by atoms with van der Waals surface area (Å²) in [5.41, 5.74) is 0.566. The lowest BCUT2D eigenvalue weighted by Gasteiger charge is -2.31. The zero-order valence-corrected chi connectivity index (χ0v) is 16.6. The predicted molar refractivity (Wildman–Crippen MR) is 108 cm³/mol. The Morgan fingerprint density at radius 1 is 1.11 bits per heavy atom. The minimum atomic E-state index is -0.537. The Labute approximate surface area is 171 Å². The van der Waals surface area contributed by atoms with Gasteiger partial charge in [-0.3, -0.25) is 4.98 Å². The van der Waals surface area contributed by atoms with Gasteiger partial charge in [-0.05, 0) is 31.0 Å². The molecule has 144 valence electrons. The van der Waals surface area contributed by atoms with Gasteiger partial charge < -0.3 is 16.0 Å². The lowest BCUT2D eigenvalue weighted by Crippen LogP contribution is -2.52. The third-order valence-electron chi connectivity index (χ3n) is 4.57. The number of aromatic nitrogens is 1. The molecule has 1 aromatic carbocycles. The van der Waals surface area contributed by atoms with Gasteiger partial charge in [-0.15, -0.1) is 0 Å². The fraction of sp³-hybridized carbons (Fsp3) is 0.333. The fourth-order valence-electron chi connectivity index (χ4n) is 3.21. The standard InChI is InChI=1S/C18H18Cl3FN4O/c19-12-7-11(3-4-15(12)22)25-17(27)26-18(5-1-2-6-18)10-24-16-13(20)8-23-9-14(16)21/h3-4,7-9H,1-2,5-6,10H2,(H,23,24)(H2,25,26,27). The molecule has 1 heterocycles. The third-order valence-corrected chi connectivity index (χ3v) is 5.44. The summed E-state index contributed by atoms with van der Waals surface area (Å²) in [6.45, 7) is 0.466. The van der Waals surface area contributed by atoms with Gasteiger partial charge in [0.1, 0.15) is 5.82 Å². The van der Waals surface area contributed by atoms with Gasteiger partial charge in [-0.2, -0.15) is 0 Å². The summed E-state index contributed by atoms with van der Waals surface area (Å²) >= 11 is 18.1. The van der Waals surface area contributed by atoms with E-state index in [1.165, 1.54) is 30.6 Å². The highest BCUT2D eigenvalue weighted by molar-refractivity contribution is 6.38. The molecule has 0 atom stereocenters. The quantitative estimate of drug-likeness (QED) is 0.566. The number of halogens is 4. The maximum atomic E-state index is 13.3. The number of nitrogens with one attached hydrogen (secondary N) is 3. The van der Waals surface area contributed by atoms with E-state index in [1.807, 2.05) is 0 Å². The van der Waals surface area contributed by atoms with Crippen LogP contribution < -0.4 is 16.0 Å². The first kappa shape index (κ1) is 20.0. The van der Waals surface area contributed by atoms with E-state index >= 15 is 0 Å². The molecule has 0 saturated heterocycles. The van der Waals surface area contributed by atoms with Gasteiger partial charge in [-0.25, -0.2) is 9.18 Å². The molecule has 27 heavy (non-hydrogen) atoms. The van der Waals surface area contributed by atoms with Crippen molar-refractivity contribution in [2.24, 2.45) is 0 Å². The Morgan fingerprint density at radius 3 is 2.41 bits per heavy atom. The molecule has 0 unspecified atom stereocenters. The van der Waals surface area contributed by atoms with Crippen molar-refractivity contribution in [3.05, 3.63) is 51.5 Å². The normalized spacial score (nSPS) is 15.4. The Bertz CT molecular complexity index is 823. The predicted octanol–water partition coefficient (Wildman–Crippen LogP) is 5.73. The van der Waals surface area contributed by atoms with E-state index in [4.69, 9.17) is 34.8 Å². The number of benzene rings is 1. The van der Waals surface area contributed by atoms with Crippen molar-refractivity contribution in [1.82, 2.24) is 10.3 Å². The molecule has 1 aromatic heterocycles. The van der Waals surface area contributed by atoms with Gasteiger partial charge in [0.25, 0.3) is 0 Å². The molecule has 5 nitrogen and oxygen atoms in total. The molecule has 1 aliphatic rings. The molecule has 1 fully saturated rings. The Morgan fingerprint density at radius 2 is 1.78 bits per heavy atom. The number of carbonyl (C=O) groups excluding carboxylic acids is 1. The minimum absolute atomic E-state index is 0.0491. The summed E-state index contributed by atoms with van der Waals surface area (Å²) < 4.78 is 13.3. The van der Waals surface area contributed by atoms with E-state index in [2.05, 4.69) is 20.9 Å². The molecule has 0 radical (unpaired) electrons. The van der Waals surface area contributed by atoms with Crippen LogP contribution >= 0.6 is 34.8 Å². The van der Waals surface area contributed by atoms with Crippen LogP contribution in [-0.2, 0) is 0 Å². The third kappa shape index (κ3) is 4.94. The fourth-order valence-corrected chi connectivity index (χ4v) is 3.89. The number of carbonyl (C=O) groups is 1. The molecule has 0 spiro atoms. The van der Waals surface area contributed by atoms with Crippen LogP contribution in [0, 0.1) is 5.82 Å². The molecular formula is C18H18Cl3FN4O. The Hall–Kier alpha value is -1.76. The van der Waals surface area contributed by atoms with Crippen LogP contribution in [0.25, 0.3) is 0 Å². The van der Waals surface area contributed by atoms with Gasteiger partial charge in [0, 0.05) is 24.6 Å². The molecule has 0 aliphatic heterocycles. The monoisotopic (exact) mass is 430 g/mol. The topological polar surface area (TPSA) is 66.1 Å². The molecule has 3 rings (SSSR count). The summed E-state index contributed by atoms with van der Waals surface area (Å²) in [6, 6.07) is 3.65. The van der Waals surface area contributed by atoms with Crippen molar-refractivity contribution in [1.29, 1.82) is 0 Å². The second kappa shape index (κ2) is 8.50. The first-order valence-electron chi connectivity index (χ1n) is 8.46. The second-order valence-electron chi connectivity index (χ2n) is 6.53. The van der Waals surface area contributed by atoms with Crippen molar-refractivity contribution in [2.75, 3.05) is 17.2 Å². The SMILES string of the molecule is O=C(Nc1ccc(F)c(Cl)c1)NC1(CNc2c(Cl)cncc2Cl)CCCC1.